The van der Waals surface area contributed by atoms with Gasteiger partial charge in [-0.05, 0) is 99.6 Å². The standard InChI is InChI=1S/C23H22I2N2O/c1-2-15-5-3-4-6-21(15)26-13-18(28)14-27-22-9-7-16(24)11-19(22)20-12-17(25)8-10-23(20)27/h3-12,18,26,28H,2,13-14H2,1H3/t18-/m0/s1. The molecule has 1 heterocycles. The number of anilines is 1. The summed E-state index contributed by atoms with van der Waals surface area (Å²) in [6.07, 6.45) is 0.492. The molecule has 0 spiro atoms. The van der Waals surface area contributed by atoms with E-state index in [0.717, 1.165) is 12.1 Å². The number of hydrogen-bond donors (Lipinski definition) is 2. The molecule has 0 saturated carbocycles. The Hall–Kier alpha value is -1.32. The second kappa shape index (κ2) is 8.59. The predicted octanol–water partition coefficient (Wildman–Crippen LogP) is 6.04. The van der Waals surface area contributed by atoms with E-state index in [1.807, 2.05) is 6.07 Å². The number of fused-ring (bicyclic) bond motifs is 3. The molecule has 1 atom stereocenters. The van der Waals surface area contributed by atoms with Crippen molar-refractivity contribution in [2.45, 2.75) is 26.0 Å². The summed E-state index contributed by atoms with van der Waals surface area (Å²) < 4.78 is 4.69. The summed E-state index contributed by atoms with van der Waals surface area (Å²) in [5.74, 6) is 0. The van der Waals surface area contributed by atoms with Crippen molar-refractivity contribution in [1.82, 2.24) is 4.57 Å². The molecule has 4 aromatic rings. The Kier molecular flexibility index (Phi) is 6.13. The van der Waals surface area contributed by atoms with E-state index in [4.69, 9.17) is 0 Å². The number of aliphatic hydroxyl groups excluding tert-OH is 1. The van der Waals surface area contributed by atoms with E-state index in [-0.39, 0.29) is 0 Å². The summed E-state index contributed by atoms with van der Waals surface area (Å²) in [4.78, 5) is 0. The minimum absolute atomic E-state index is 0.484. The first-order chi connectivity index (χ1) is 13.6. The van der Waals surface area contributed by atoms with Crippen molar-refractivity contribution in [3.8, 4) is 0 Å². The molecule has 0 aliphatic heterocycles. The van der Waals surface area contributed by atoms with Crippen molar-refractivity contribution in [1.29, 1.82) is 0 Å². The first kappa shape index (κ1) is 20.0. The van der Waals surface area contributed by atoms with Gasteiger partial charge in [-0.3, -0.25) is 0 Å². The molecule has 0 fully saturated rings. The predicted molar refractivity (Wildman–Crippen MR) is 135 cm³/mol. The fraction of sp³-hybridized carbons (Fsp3) is 0.217. The number of aliphatic hydroxyl groups is 1. The summed E-state index contributed by atoms with van der Waals surface area (Å²) in [5.41, 5.74) is 4.72. The van der Waals surface area contributed by atoms with Gasteiger partial charge in [-0.25, -0.2) is 0 Å². The van der Waals surface area contributed by atoms with Crippen LogP contribution in [0.5, 0.6) is 0 Å². The molecule has 3 nitrogen and oxygen atoms in total. The summed E-state index contributed by atoms with van der Waals surface area (Å²) in [6.45, 7) is 3.23. The first-order valence-electron chi connectivity index (χ1n) is 9.43. The van der Waals surface area contributed by atoms with Gasteiger partial charge in [0.1, 0.15) is 0 Å². The van der Waals surface area contributed by atoms with Crippen LogP contribution in [0.4, 0.5) is 5.69 Å². The number of hydrogen-bond acceptors (Lipinski definition) is 2. The molecule has 3 aromatic carbocycles. The number of halogens is 2. The molecular weight excluding hydrogens is 574 g/mol. The van der Waals surface area contributed by atoms with Crippen LogP contribution in [-0.2, 0) is 13.0 Å². The molecule has 4 rings (SSSR count). The fourth-order valence-corrected chi connectivity index (χ4v) is 4.73. The molecule has 0 aliphatic carbocycles. The molecule has 5 heteroatoms. The van der Waals surface area contributed by atoms with Crippen molar-refractivity contribution in [3.05, 3.63) is 73.4 Å². The van der Waals surface area contributed by atoms with Gasteiger partial charge in [0.2, 0.25) is 0 Å². The van der Waals surface area contributed by atoms with Gasteiger partial charge >= 0.3 is 0 Å². The molecule has 28 heavy (non-hydrogen) atoms. The lowest BCUT2D eigenvalue weighted by molar-refractivity contribution is 0.169. The van der Waals surface area contributed by atoms with Crippen molar-refractivity contribution in [2.75, 3.05) is 11.9 Å². The summed E-state index contributed by atoms with van der Waals surface area (Å²) in [7, 11) is 0. The molecular formula is C23H22I2N2O. The van der Waals surface area contributed by atoms with E-state index in [2.05, 4.69) is 117 Å². The number of rotatable bonds is 6. The Bertz CT molecular complexity index is 1080. The normalized spacial score (nSPS) is 12.6. The number of benzene rings is 3. The Labute approximate surface area is 192 Å². The Morgan fingerprint density at radius 2 is 1.54 bits per heavy atom. The average molecular weight is 596 g/mol. The van der Waals surface area contributed by atoms with Crippen LogP contribution in [0.15, 0.2) is 60.7 Å². The van der Waals surface area contributed by atoms with Crippen LogP contribution in [0.25, 0.3) is 21.8 Å². The SMILES string of the molecule is CCc1ccccc1NC[C@H](O)Cn1c2ccc(I)cc2c2cc(I)ccc21. The summed E-state index contributed by atoms with van der Waals surface area (Å²) >= 11 is 4.72. The molecule has 0 saturated heterocycles. The van der Waals surface area contributed by atoms with Crippen LogP contribution in [0.3, 0.4) is 0 Å². The maximum atomic E-state index is 10.8. The van der Waals surface area contributed by atoms with E-state index in [1.165, 1.54) is 34.5 Å². The summed E-state index contributed by atoms with van der Waals surface area (Å²) in [6, 6.07) is 21.3. The van der Waals surface area contributed by atoms with Gasteiger partial charge in [-0.2, -0.15) is 0 Å². The van der Waals surface area contributed by atoms with Gasteiger partial charge in [-0.15, -0.1) is 0 Å². The third-order valence-electron chi connectivity index (χ3n) is 5.11. The second-order valence-electron chi connectivity index (χ2n) is 6.98. The topological polar surface area (TPSA) is 37.2 Å². The molecule has 0 bridgehead atoms. The van der Waals surface area contributed by atoms with Gasteiger partial charge in [0.05, 0.1) is 12.6 Å². The molecule has 0 radical (unpaired) electrons. The number of nitrogens with one attached hydrogen (secondary N) is 1. The Morgan fingerprint density at radius 1 is 0.929 bits per heavy atom. The number of aromatic nitrogens is 1. The maximum Gasteiger partial charge on any atom is 0.0891 e. The van der Waals surface area contributed by atoms with Crippen molar-refractivity contribution in [3.63, 3.8) is 0 Å². The molecule has 0 amide bonds. The third kappa shape index (κ3) is 4.02. The second-order valence-corrected chi connectivity index (χ2v) is 9.47. The third-order valence-corrected chi connectivity index (χ3v) is 6.45. The lowest BCUT2D eigenvalue weighted by Crippen LogP contribution is -2.25. The van der Waals surface area contributed by atoms with Gasteiger partial charge in [-0.1, -0.05) is 25.1 Å². The highest BCUT2D eigenvalue weighted by atomic mass is 127. The quantitative estimate of drug-likeness (QED) is 0.267. The van der Waals surface area contributed by atoms with Crippen molar-refractivity contribution in [2.24, 2.45) is 0 Å². The zero-order chi connectivity index (χ0) is 19.7. The molecule has 0 aliphatic rings. The van der Waals surface area contributed by atoms with E-state index < -0.39 is 6.10 Å². The van der Waals surface area contributed by atoms with Crippen LogP contribution >= 0.6 is 45.2 Å². The minimum atomic E-state index is -0.484. The summed E-state index contributed by atoms with van der Waals surface area (Å²) in [5, 5.41) is 16.7. The lowest BCUT2D eigenvalue weighted by atomic mass is 10.1. The maximum absolute atomic E-state index is 10.8. The zero-order valence-corrected chi connectivity index (χ0v) is 19.9. The first-order valence-corrected chi connectivity index (χ1v) is 11.6. The average Bonchev–Trinajstić information content (AvgIpc) is 2.98. The highest BCUT2D eigenvalue weighted by molar-refractivity contribution is 14.1. The highest BCUT2D eigenvalue weighted by Crippen LogP contribution is 2.31. The largest absolute Gasteiger partial charge is 0.389 e. The number of nitrogens with zero attached hydrogens (tertiary/aromatic N) is 1. The molecule has 144 valence electrons. The number of aryl methyl sites for hydroxylation is 1. The lowest BCUT2D eigenvalue weighted by Gasteiger charge is -2.17. The Balaban J connectivity index is 1.63. The van der Waals surface area contributed by atoms with E-state index in [0.29, 0.717) is 13.1 Å². The molecule has 1 aromatic heterocycles. The van der Waals surface area contributed by atoms with Crippen molar-refractivity contribution >= 4 is 72.7 Å². The van der Waals surface area contributed by atoms with Crippen molar-refractivity contribution < 1.29 is 5.11 Å². The van der Waals surface area contributed by atoms with E-state index >= 15 is 0 Å². The molecule has 0 unspecified atom stereocenters. The minimum Gasteiger partial charge on any atom is -0.389 e. The van der Waals surface area contributed by atoms with Gasteiger partial charge in [0, 0.05) is 41.2 Å². The van der Waals surface area contributed by atoms with Crippen LogP contribution in [0.2, 0.25) is 0 Å². The van der Waals surface area contributed by atoms with Gasteiger partial charge < -0.3 is 15.0 Å². The van der Waals surface area contributed by atoms with Crippen LogP contribution in [0.1, 0.15) is 12.5 Å². The highest BCUT2D eigenvalue weighted by Gasteiger charge is 2.15. The van der Waals surface area contributed by atoms with Crippen LogP contribution in [0, 0.1) is 7.14 Å². The van der Waals surface area contributed by atoms with Crippen LogP contribution < -0.4 is 5.32 Å². The monoisotopic (exact) mass is 596 g/mol. The van der Waals surface area contributed by atoms with E-state index in [9.17, 15) is 5.11 Å². The van der Waals surface area contributed by atoms with Gasteiger partial charge in [0.25, 0.3) is 0 Å². The zero-order valence-electron chi connectivity index (χ0n) is 15.6. The van der Waals surface area contributed by atoms with Gasteiger partial charge in [0.15, 0.2) is 0 Å². The fourth-order valence-electron chi connectivity index (χ4n) is 3.75. The Morgan fingerprint density at radius 3 is 2.14 bits per heavy atom. The number of para-hydroxylation sites is 1. The molecule has 2 N–H and O–H groups in total. The smallest absolute Gasteiger partial charge is 0.0891 e. The van der Waals surface area contributed by atoms with Crippen LogP contribution in [-0.4, -0.2) is 22.3 Å². The van der Waals surface area contributed by atoms with E-state index in [1.54, 1.807) is 0 Å².